The Bertz CT molecular complexity index is 1180. The summed E-state index contributed by atoms with van der Waals surface area (Å²) in [6.07, 6.45) is 9.87. The molecule has 2 aliphatic heterocycles. The van der Waals surface area contributed by atoms with E-state index in [1.165, 1.54) is 12.8 Å². The molecule has 0 atom stereocenters. The van der Waals surface area contributed by atoms with Crippen LogP contribution in [0.25, 0.3) is 0 Å². The molecule has 0 spiro atoms. The van der Waals surface area contributed by atoms with Crippen molar-refractivity contribution in [3.8, 4) is 0 Å². The van der Waals surface area contributed by atoms with Gasteiger partial charge >= 0.3 is 5.97 Å². The zero-order valence-corrected chi connectivity index (χ0v) is 18.7. The number of nitrogens with one attached hydrogen (secondary N) is 1. The molecule has 1 amide bonds. The fourth-order valence-electron chi connectivity index (χ4n) is 4.88. The van der Waals surface area contributed by atoms with Gasteiger partial charge in [0.25, 0.3) is 5.91 Å². The number of fused-ring (bicyclic) bond motifs is 3. The third kappa shape index (κ3) is 3.97. The molecule has 5 rings (SSSR count). The Balaban J connectivity index is 1.39. The van der Waals surface area contributed by atoms with E-state index < -0.39 is 11.9 Å². The number of rotatable bonds is 4. The average molecular weight is 446 g/mol. The average Bonchev–Trinajstić information content (AvgIpc) is 2.85. The number of nitrogens with zero attached hydrogens (tertiary/aromatic N) is 3. The number of amides is 1. The number of carbonyl (C=O) groups is 2. The molecule has 8 heteroatoms. The van der Waals surface area contributed by atoms with Crippen molar-refractivity contribution in [2.45, 2.75) is 51.4 Å². The maximum Gasteiger partial charge on any atom is 0.339 e. The van der Waals surface area contributed by atoms with E-state index in [2.05, 4.69) is 26.5 Å². The first kappa shape index (κ1) is 21.2. The van der Waals surface area contributed by atoms with Crippen molar-refractivity contribution in [2.75, 3.05) is 17.3 Å². The zero-order chi connectivity index (χ0) is 22.9. The Morgan fingerprint density at radius 1 is 1.03 bits per heavy atom. The maximum atomic E-state index is 13.0. The van der Waals surface area contributed by atoms with E-state index in [0.717, 1.165) is 73.9 Å². The molecule has 1 fully saturated rings. The number of ether oxygens (including phenoxy) is 1. The number of anilines is 2. The predicted molar refractivity (Wildman–Crippen MR) is 125 cm³/mol. The van der Waals surface area contributed by atoms with Gasteiger partial charge in [-0.05, 0) is 80.3 Å². The number of carbonyl (C=O) groups excluding carboxylic acids is 2. The van der Waals surface area contributed by atoms with Gasteiger partial charge in [-0.2, -0.15) is 0 Å². The lowest BCUT2D eigenvalue weighted by Gasteiger charge is -2.36. The number of methoxy groups -OCH3 is 1. The van der Waals surface area contributed by atoms with Crippen LogP contribution in [0, 0.1) is 0 Å². The molecule has 3 heterocycles. The van der Waals surface area contributed by atoms with Crippen LogP contribution in [0.1, 0.15) is 70.5 Å². The highest BCUT2D eigenvalue weighted by molar-refractivity contribution is 6.07. The van der Waals surface area contributed by atoms with Crippen molar-refractivity contribution in [1.82, 2.24) is 10.2 Å². The summed E-state index contributed by atoms with van der Waals surface area (Å²) in [5.74, 6) is -0.248. The summed E-state index contributed by atoms with van der Waals surface area (Å²) in [4.78, 5) is 27.4. The van der Waals surface area contributed by atoms with Crippen molar-refractivity contribution >= 4 is 23.4 Å². The van der Waals surface area contributed by atoms with Crippen LogP contribution in [0.2, 0.25) is 0 Å². The van der Waals surface area contributed by atoms with Crippen molar-refractivity contribution < 1.29 is 14.3 Å². The second-order valence-corrected chi connectivity index (χ2v) is 8.66. The van der Waals surface area contributed by atoms with E-state index in [1.54, 1.807) is 12.1 Å². The van der Waals surface area contributed by atoms with Gasteiger partial charge < -0.3 is 15.8 Å². The zero-order valence-electron chi connectivity index (χ0n) is 18.7. The van der Waals surface area contributed by atoms with E-state index in [4.69, 9.17) is 10.5 Å². The Hall–Kier alpha value is -3.68. The third-order valence-electron chi connectivity index (χ3n) is 6.58. The van der Waals surface area contributed by atoms with Crippen LogP contribution >= 0.6 is 0 Å². The maximum absolute atomic E-state index is 13.0. The van der Waals surface area contributed by atoms with Crippen LogP contribution in [0.3, 0.4) is 0 Å². The van der Waals surface area contributed by atoms with Crippen molar-refractivity contribution in [2.24, 2.45) is 5.73 Å². The van der Waals surface area contributed by atoms with Crippen LogP contribution < -0.4 is 16.0 Å². The summed E-state index contributed by atoms with van der Waals surface area (Å²) >= 11 is 0. The Labute approximate surface area is 192 Å². The van der Waals surface area contributed by atoms with Crippen LogP contribution in [-0.2, 0) is 17.6 Å². The predicted octanol–water partition coefficient (Wildman–Crippen LogP) is 3.84. The molecule has 3 aliphatic rings. The minimum atomic E-state index is -0.476. The van der Waals surface area contributed by atoms with Crippen LogP contribution in [-0.4, -0.2) is 29.2 Å². The Morgan fingerprint density at radius 3 is 2.55 bits per heavy atom. The number of nitrogens with two attached hydrogens (primary N) is 1. The second kappa shape index (κ2) is 8.69. The molecular formula is C25H27N5O3. The topological polar surface area (TPSA) is 110 Å². The minimum absolute atomic E-state index is 0.172. The van der Waals surface area contributed by atoms with Crippen molar-refractivity contribution in [3.05, 3.63) is 69.8 Å². The van der Waals surface area contributed by atoms with Gasteiger partial charge in [0.05, 0.1) is 18.4 Å². The first-order valence-electron chi connectivity index (χ1n) is 11.4. The van der Waals surface area contributed by atoms with E-state index in [9.17, 15) is 9.59 Å². The van der Waals surface area contributed by atoms with Crippen LogP contribution in [0.15, 0.2) is 47.4 Å². The SMILES string of the molecule is COC(=O)c1cc2c(cc1NC(=O)c1ccc(N3C4=CCC(N)=C3CCC4)nn1)CCCC2. The van der Waals surface area contributed by atoms with Gasteiger partial charge in [0.2, 0.25) is 0 Å². The molecule has 1 aliphatic carbocycles. The first-order chi connectivity index (χ1) is 16.0. The number of benzene rings is 1. The van der Waals surface area contributed by atoms with Gasteiger partial charge in [-0.3, -0.25) is 9.69 Å². The number of aryl methyl sites for hydroxylation is 2. The second-order valence-electron chi connectivity index (χ2n) is 8.66. The molecule has 1 aromatic carbocycles. The minimum Gasteiger partial charge on any atom is -0.465 e. The molecule has 0 radical (unpaired) electrons. The normalized spacial score (nSPS) is 17.2. The third-order valence-corrected chi connectivity index (χ3v) is 6.58. The molecule has 8 nitrogen and oxygen atoms in total. The molecule has 33 heavy (non-hydrogen) atoms. The molecular weight excluding hydrogens is 418 g/mol. The van der Waals surface area contributed by atoms with Gasteiger partial charge in [0.15, 0.2) is 11.5 Å². The highest BCUT2D eigenvalue weighted by Gasteiger charge is 2.28. The van der Waals surface area contributed by atoms with Gasteiger partial charge in [-0.25, -0.2) is 4.79 Å². The molecule has 0 saturated carbocycles. The largest absolute Gasteiger partial charge is 0.465 e. The standard InChI is InChI=1S/C25H27N5O3/c1-33-25(32)18-13-15-5-2-3-6-16(15)14-21(18)27-24(31)20-11-12-23(29-28-20)30-17-7-4-8-22(30)19(26)10-9-17/h9,11-14H,2-8,10,26H2,1H3,(H,27,31). The summed E-state index contributed by atoms with van der Waals surface area (Å²) in [5, 5.41) is 11.3. The molecule has 1 aromatic heterocycles. The highest BCUT2D eigenvalue weighted by Crippen LogP contribution is 2.37. The van der Waals surface area contributed by atoms with Gasteiger partial charge in [0.1, 0.15) is 0 Å². The summed E-state index contributed by atoms with van der Waals surface area (Å²) in [7, 11) is 1.34. The molecule has 2 aromatic rings. The lowest BCUT2D eigenvalue weighted by Crippen LogP contribution is -2.32. The van der Waals surface area contributed by atoms with Gasteiger partial charge in [0, 0.05) is 23.5 Å². The summed E-state index contributed by atoms with van der Waals surface area (Å²) in [6, 6.07) is 7.16. The van der Waals surface area contributed by atoms with E-state index >= 15 is 0 Å². The van der Waals surface area contributed by atoms with E-state index in [1.807, 2.05) is 12.1 Å². The lowest BCUT2D eigenvalue weighted by molar-refractivity contribution is 0.0601. The number of aromatic nitrogens is 2. The number of hydrogen-bond donors (Lipinski definition) is 2. The van der Waals surface area contributed by atoms with Gasteiger partial charge in [-0.15, -0.1) is 10.2 Å². The molecule has 170 valence electrons. The van der Waals surface area contributed by atoms with Crippen LogP contribution in [0.5, 0.6) is 0 Å². The fraction of sp³-hybridized carbons (Fsp3) is 0.360. The lowest BCUT2D eigenvalue weighted by atomic mass is 9.89. The smallest absolute Gasteiger partial charge is 0.339 e. The monoisotopic (exact) mass is 445 g/mol. The summed E-state index contributed by atoms with van der Waals surface area (Å²) in [5.41, 5.74) is 12.6. The number of piperidine rings is 1. The van der Waals surface area contributed by atoms with Crippen molar-refractivity contribution in [1.29, 1.82) is 0 Å². The van der Waals surface area contributed by atoms with Crippen LogP contribution in [0.4, 0.5) is 11.5 Å². The van der Waals surface area contributed by atoms with E-state index in [0.29, 0.717) is 17.1 Å². The molecule has 3 N–H and O–H groups in total. The van der Waals surface area contributed by atoms with E-state index in [-0.39, 0.29) is 5.69 Å². The quantitative estimate of drug-likeness (QED) is 0.688. The van der Waals surface area contributed by atoms with Crippen molar-refractivity contribution in [3.63, 3.8) is 0 Å². The molecule has 0 unspecified atom stereocenters. The molecule has 2 bridgehead atoms. The molecule has 1 saturated heterocycles. The van der Waals surface area contributed by atoms with Gasteiger partial charge in [-0.1, -0.05) is 6.08 Å². The summed E-state index contributed by atoms with van der Waals surface area (Å²) < 4.78 is 4.94. The first-order valence-corrected chi connectivity index (χ1v) is 11.4. The number of allylic oxidation sites excluding steroid dienone is 3. The Kier molecular flexibility index (Phi) is 5.58. The highest BCUT2D eigenvalue weighted by atomic mass is 16.5. The number of hydrogen-bond acceptors (Lipinski definition) is 7. The Morgan fingerprint density at radius 2 is 1.82 bits per heavy atom. The summed E-state index contributed by atoms with van der Waals surface area (Å²) in [6.45, 7) is 0. The number of esters is 1. The fourth-order valence-corrected chi connectivity index (χ4v) is 4.88.